The first-order valence-electron chi connectivity index (χ1n) is 9.08. The van der Waals surface area contributed by atoms with Gasteiger partial charge in [-0.2, -0.15) is 0 Å². The minimum absolute atomic E-state index is 0.103. The van der Waals surface area contributed by atoms with Crippen LogP contribution in [-0.2, 0) is 16.1 Å². The fraction of sp³-hybridized carbons (Fsp3) is 0.556. The van der Waals surface area contributed by atoms with E-state index in [0.717, 1.165) is 30.2 Å². The van der Waals surface area contributed by atoms with E-state index in [4.69, 9.17) is 26.4 Å². The van der Waals surface area contributed by atoms with Gasteiger partial charge in [0.2, 0.25) is 12.7 Å². The number of hydrogen-bond acceptors (Lipinski definition) is 6. The van der Waals surface area contributed by atoms with E-state index in [-0.39, 0.29) is 24.9 Å². The lowest BCUT2D eigenvalue weighted by molar-refractivity contribution is -0.123. The van der Waals surface area contributed by atoms with Crippen LogP contribution >= 0.6 is 12.2 Å². The monoisotopic (exact) mass is 394 g/mol. The van der Waals surface area contributed by atoms with Gasteiger partial charge < -0.3 is 19.5 Å². The Morgan fingerprint density at radius 3 is 2.70 bits per heavy atom. The molecule has 27 heavy (non-hydrogen) atoms. The second-order valence-electron chi connectivity index (χ2n) is 6.81. The van der Waals surface area contributed by atoms with Gasteiger partial charge in [0.05, 0.1) is 12.2 Å². The van der Waals surface area contributed by atoms with Crippen molar-refractivity contribution in [2.45, 2.75) is 39.0 Å². The van der Waals surface area contributed by atoms with Gasteiger partial charge in [-0.25, -0.2) is 0 Å². The third-order valence-electron chi connectivity index (χ3n) is 4.36. The van der Waals surface area contributed by atoms with Gasteiger partial charge in [0, 0.05) is 32.6 Å². The SMILES string of the molecule is C[C@@H]1CN(CCC(=O)NNC(=S)NCc2ccc3c(c2)OCO3)C[C@@H](C)O1. The van der Waals surface area contributed by atoms with Crippen LogP contribution in [0.2, 0.25) is 0 Å². The number of thiocarbonyl (C=S) groups is 1. The molecule has 2 atom stereocenters. The maximum absolute atomic E-state index is 12.0. The van der Waals surface area contributed by atoms with E-state index in [9.17, 15) is 4.79 Å². The summed E-state index contributed by atoms with van der Waals surface area (Å²) in [5, 5.41) is 3.40. The fourth-order valence-corrected chi connectivity index (χ4v) is 3.32. The van der Waals surface area contributed by atoms with Crippen molar-refractivity contribution in [1.29, 1.82) is 0 Å². The molecular weight excluding hydrogens is 368 g/mol. The summed E-state index contributed by atoms with van der Waals surface area (Å²) in [6.45, 7) is 7.26. The molecule has 0 unspecified atom stereocenters. The molecule has 0 radical (unpaired) electrons. The van der Waals surface area contributed by atoms with Crippen molar-refractivity contribution in [2.75, 3.05) is 26.4 Å². The molecule has 0 bridgehead atoms. The standard InChI is InChI=1S/C18H26N4O4S/c1-12-9-22(10-13(2)26-12)6-5-17(23)20-21-18(27)19-8-14-3-4-15-16(7-14)25-11-24-15/h3-4,7,12-13H,5-6,8-11H2,1-2H3,(H,20,23)(H2,19,21,27)/t12-,13-/m1/s1. The summed E-state index contributed by atoms with van der Waals surface area (Å²) in [6.07, 6.45) is 0.794. The molecule has 2 aliphatic rings. The van der Waals surface area contributed by atoms with Gasteiger partial charge in [-0.05, 0) is 43.8 Å². The van der Waals surface area contributed by atoms with Crippen LogP contribution in [0.3, 0.4) is 0 Å². The molecule has 1 aromatic rings. The minimum Gasteiger partial charge on any atom is -0.454 e. The summed E-state index contributed by atoms with van der Waals surface area (Å²) in [4.78, 5) is 14.3. The zero-order valence-corrected chi connectivity index (χ0v) is 16.4. The minimum atomic E-state index is -0.103. The van der Waals surface area contributed by atoms with Crippen LogP contribution < -0.4 is 25.6 Å². The number of morpholine rings is 1. The summed E-state index contributed by atoms with van der Waals surface area (Å²) in [7, 11) is 0. The summed E-state index contributed by atoms with van der Waals surface area (Å²) in [5.74, 6) is 1.37. The molecule has 2 aliphatic heterocycles. The quantitative estimate of drug-likeness (QED) is 0.502. The molecule has 1 fully saturated rings. The van der Waals surface area contributed by atoms with E-state index in [1.807, 2.05) is 18.2 Å². The number of carbonyl (C=O) groups excluding carboxylic acids is 1. The van der Waals surface area contributed by atoms with Crippen molar-refractivity contribution >= 4 is 23.2 Å². The topological polar surface area (TPSA) is 84.1 Å². The molecule has 1 amide bonds. The van der Waals surface area contributed by atoms with Gasteiger partial charge in [-0.15, -0.1) is 0 Å². The number of fused-ring (bicyclic) bond motifs is 1. The first kappa shape index (κ1) is 19.7. The molecule has 0 aromatic heterocycles. The highest BCUT2D eigenvalue weighted by Crippen LogP contribution is 2.32. The Kier molecular flexibility index (Phi) is 6.70. The summed E-state index contributed by atoms with van der Waals surface area (Å²) < 4.78 is 16.3. The number of amides is 1. The second-order valence-corrected chi connectivity index (χ2v) is 7.22. The Morgan fingerprint density at radius 2 is 1.93 bits per heavy atom. The van der Waals surface area contributed by atoms with E-state index >= 15 is 0 Å². The average Bonchev–Trinajstić information content (AvgIpc) is 3.10. The number of ether oxygens (including phenoxy) is 3. The third kappa shape index (κ3) is 5.95. The first-order valence-corrected chi connectivity index (χ1v) is 9.49. The van der Waals surface area contributed by atoms with Crippen LogP contribution in [0.1, 0.15) is 25.8 Å². The number of carbonyl (C=O) groups is 1. The van der Waals surface area contributed by atoms with Crippen LogP contribution in [0.25, 0.3) is 0 Å². The lowest BCUT2D eigenvalue weighted by Gasteiger charge is -2.35. The molecule has 2 heterocycles. The Hall–Kier alpha value is -2.10. The Balaban J connectivity index is 1.32. The van der Waals surface area contributed by atoms with Gasteiger partial charge in [-0.3, -0.25) is 20.5 Å². The maximum Gasteiger partial charge on any atom is 0.239 e. The lowest BCUT2D eigenvalue weighted by Crippen LogP contribution is -2.49. The predicted octanol–water partition coefficient (Wildman–Crippen LogP) is 0.910. The number of hydrazine groups is 1. The van der Waals surface area contributed by atoms with E-state index in [0.29, 0.717) is 24.6 Å². The van der Waals surface area contributed by atoms with Crippen molar-refractivity contribution in [3.05, 3.63) is 23.8 Å². The summed E-state index contributed by atoms with van der Waals surface area (Å²) in [5.41, 5.74) is 6.36. The highest BCUT2D eigenvalue weighted by Gasteiger charge is 2.22. The molecule has 0 spiro atoms. The normalized spacial score (nSPS) is 21.6. The number of nitrogens with zero attached hydrogens (tertiary/aromatic N) is 1. The zero-order chi connectivity index (χ0) is 19.2. The van der Waals surface area contributed by atoms with E-state index in [1.165, 1.54) is 0 Å². The molecule has 3 rings (SSSR count). The molecule has 0 saturated carbocycles. The molecule has 0 aliphatic carbocycles. The average molecular weight is 394 g/mol. The molecule has 3 N–H and O–H groups in total. The maximum atomic E-state index is 12.0. The van der Waals surface area contributed by atoms with E-state index < -0.39 is 0 Å². The van der Waals surface area contributed by atoms with E-state index in [1.54, 1.807) is 0 Å². The van der Waals surface area contributed by atoms with Crippen molar-refractivity contribution in [3.8, 4) is 11.5 Å². The van der Waals surface area contributed by atoms with Gasteiger partial charge in [-0.1, -0.05) is 6.07 Å². The predicted molar refractivity (Wildman–Crippen MR) is 104 cm³/mol. The van der Waals surface area contributed by atoms with Crippen molar-refractivity contribution < 1.29 is 19.0 Å². The second kappa shape index (κ2) is 9.20. The van der Waals surface area contributed by atoms with Gasteiger partial charge in [0.25, 0.3) is 0 Å². The molecule has 8 nitrogen and oxygen atoms in total. The number of nitrogens with one attached hydrogen (secondary N) is 3. The van der Waals surface area contributed by atoms with Gasteiger partial charge in [0.15, 0.2) is 16.6 Å². The van der Waals surface area contributed by atoms with Crippen LogP contribution in [-0.4, -0.2) is 54.6 Å². The van der Waals surface area contributed by atoms with Gasteiger partial charge in [0.1, 0.15) is 0 Å². The number of hydrogen-bond donors (Lipinski definition) is 3. The summed E-state index contributed by atoms with van der Waals surface area (Å²) in [6, 6.07) is 5.71. The van der Waals surface area contributed by atoms with Crippen molar-refractivity contribution in [1.82, 2.24) is 21.1 Å². The van der Waals surface area contributed by atoms with Crippen LogP contribution in [0.5, 0.6) is 11.5 Å². The highest BCUT2D eigenvalue weighted by molar-refractivity contribution is 7.80. The molecule has 9 heteroatoms. The van der Waals surface area contributed by atoms with Crippen molar-refractivity contribution in [2.24, 2.45) is 0 Å². The molecule has 1 aromatic carbocycles. The fourth-order valence-electron chi connectivity index (χ4n) is 3.19. The Bertz CT molecular complexity index is 677. The first-order chi connectivity index (χ1) is 13.0. The van der Waals surface area contributed by atoms with Crippen molar-refractivity contribution in [3.63, 3.8) is 0 Å². The Morgan fingerprint density at radius 1 is 1.19 bits per heavy atom. The van der Waals surface area contributed by atoms with E-state index in [2.05, 4.69) is 34.9 Å². The molecule has 1 saturated heterocycles. The van der Waals surface area contributed by atoms with Gasteiger partial charge >= 0.3 is 0 Å². The third-order valence-corrected chi connectivity index (χ3v) is 4.60. The zero-order valence-electron chi connectivity index (χ0n) is 15.6. The molecule has 148 valence electrons. The van der Waals surface area contributed by atoms with Crippen LogP contribution in [0.15, 0.2) is 18.2 Å². The smallest absolute Gasteiger partial charge is 0.239 e. The number of benzene rings is 1. The molecular formula is C18H26N4O4S. The summed E-state index contributed by atoms with van der Waals surface area (Å²) >= 11 is 5.19. The van der Waals surface area contributed by atoms with Crippen LogP contribution in [0.4, 0.5) is 0 Å². The Labute approximate surface area is 164 Å². The number of rotatable bonds is 5. The van der Waals surface area contributed by atoms with Crippen LogP contribution in [0, 0.1) is 0 Å². The largest absolute Gasteiger partial charge is 0.454 e. The lowest BCUT2D eigenvalue weighted by atomic mass is 10.2. The highest BCUT2D eigenvalue weighted by atomic mass is 32.1.